The maximum absolute atomic E-state index is 12.2. The van der Waals surface area contributed by atoms with Crippen LogP contribution < -0.4 is 0 Å². The molecule has 0 radical (unpaired) electrons. The molecule has 0 bridgehead atoms. The number of aromatic nitrogens is 1. The van der Waals surface area contributed by atoms with Crippen LogP contribution in [0.2, 0.25) is 0 Å². The molecule has 0 unspecified atom stereocenters. The normalized spacial score (nSPS) is 17.5. The molecule has 2 aromatic rings. The second kappa shape index (κ2) is 5.55. The molecule has 2 heterocycles. The van der Waals surface area contributed by atoms with E-state index in [-0.39, 0.29) is 0 Å². The molecule has 1 N–H and O–H groups in total. The summed E-state index contributed by atoms with van der Waals surface area (Å²) < 4.78 is 0. The summed E-state index contributed by atoms with van der Waals surface area (Å²) in [5.41, 5.74) is 2.80. The molecule has 1 aliphatic heterocycles. The predicted molar refractivity (Wildman–Crippen MR) is 86.2 cm³/mol. The lowest BCUT2D eigenvalue weighted by atomic mass is 9.93. The van der Waals surface area contributed by atoms with Gasteiger partial charge in [-0.25, -0.2) is 0 Å². The van der Waals surface area contributed by atoms with Gasteiger partial charge in [0.15, 0.2) is 0 Å². The number of nitrogens with zero attached hydrogens (tertiary/aromatic N) is 1. The molecule has 1 amide bonds. The Labute approximate surface area is 126 Å². The van der Waals surface area contributed by atoms with Crippen molar-refractivity contribution in [2.24, 2.45) is 5.41 Å². The minimum Gasteiger partial charge on any atom is -0.361 e. The average molecular weight is 284 g/mol. The second-order valence-electron chi connectivity index (χ2n) is 6.94. The molecular weight excluding hydrogens is 260 g/mol. The smallest absolute Gasteiger partial charge is 0.222 e. The summed E-state index contributed by atoms with van der Waals surface area (Å²) in [6.07, 6.45) is 5.76. The number of rotatable bonds is 4. The average Bonchev–Trinajstić information content (AvgIpc) is 3.03. The Balaban J connectivity index is 1.53. The van der Waals surface area contributed by atoms with Crippen LogP contribution >= 0.6 is 0 Å². The van der Waals surface area contributed by atoms with Crippen molar-refractivity contribution in [2.45, 2.75) is 39.5 Å². The molecule has 1 fully saturated rings. The highest BCUT2D eigenvalue weighted by atomic mass is 16.2. The highest BCUT2D eigenvalue weighted by Crippen LogP contribution is 2.29. The van der Waals surface area contributed by atoms with Crippen molar-refractivity contribution in [3.63, 3.8) is 0 Å². The first kappa shape index (κ1) is 14.2. The minimum atomic E-state index is 0.298. The first-order chi connectivity index (χ1) is 10.1. The van der Waals surface area contributed by atoms with Crippen LogP contribution in [0.1, 0.15) is 38.7 Å². The van der Waals surface area contributed by atoms with Crippen molar-refractivity contribution in [3.05, 3.63) is 36.0 Å². The van der Waals surface area contributed by atoms with Crippen molar-refractivity contribution in [2.75, 3.05) is 13.1 Å². The van der Waals surface area contributed by atoms with Crippen LogP contribution in [0.5, 0.6) is 0 Å². The molecule has 112 valence electrons. The second-order valence-corrected chi connectivity index (χ2v) is 6.94. The van der Waals surface area contributed by atoms with Gasteiger partial charge in [-0.05, 0) is 36.3 Å². The third-order valence-electron chi connectivity index (χ3n) is 4.54. The highest BCUT2D eigenvalue weighted by Gasteiger charge is 2.31. The lowest BCUT2D eigenvalue weighted by Gasteiger charge is -2.19. The maximum atomic E-state index is 12.2. The van der Waals surface area contributed by atoms with Gasteiger partial charge in [-0.2, -0.15) is 0 Å². The summed E-state index contributed by atoms with van der Waals surface area (Å²) in [6, 6.07) is 8.35. The molecule has 1 aliphatic rings. The van der Waals surface area contributed by atoms with Gasteiger partial charge < -0.3 is 9.88 Å². The van der Waals surface area contributed by atoms with Gasteiger partial charge in [-0.1, -0.05) is 32.0 Å². The minimum absolute atomic E-state index is 0.298. The van der Waals surface area contributed by atoms with E-state index in [1.807, 2.05) is 11.0 Å². The Hall–Kier alpha value is -1.77. The summed E-state index contributed by atoms with van der Waals surface area (Å²) >= 11 is 0. The number of para-hydroxylation sites is 1. The molecule has 0 saturated carbocycles. The number of carbonyl (C=O) groups is 1. The molecule has 1 aromatic heterocycles. The monoisotopic (exact) mass is 284 g/mol. The number of aromatic amines is 1. The summed E-state index contributed by atoms with van der Waals surface area (Å²) in [6.45, 7) is 6.33. The third kappa shape index (κ3) is 3.12. The Kier molecular flexibility index (Phi) is 3.75. The lowest BCUT2D eigenvalue weighted by molar-refractivity contribution is -0.130. The lowest BCUT2D eigenvalue weighted by Crippen LogP contribution is -2.30. The molecule has 0 spiro atoms. The van der Waals surface area contributed by atoms with Crippen LogP contribution in [0.15, 0.2) is 30.5 Å². The van der Waals surface area contributed by atoms with E-state index < -0.39 is 0 Å². The first-order valence-corrected chi connectivity index (χ1v) is 7.88. The number of carbonyl (C=O) groups excluding carboxylic acids is 1. The van der Waals surface area contributed by atoms with E-state index in [0.717, 1.165) is 32.4 Å². The van der Waals surface area contributed by atoms with Crippen LogP contribution in [-0.4, -0.2) is 28.9 Å². The summed E-state index contributed by atoms with van der Waals surface area (Å²) in [5, 5.41) is 1.28. The molecule has 0 atom stereocenters. The molecule has 3 heteroatoms. The number of nitrogens with one attached hydrogen (secondary N) is 1. The van der Waals surface area contributed by atoms with E-state index in [9.17, 15) is 4.79 Å². The highest BCUT2D eigenvalue weighted by molar-refractivity contribution is 5.83. The summed E-state index contributed by atoms with van der Waals surface area (Å²) in [4.78, 5) is 17.6. The van der Waals surface area contributed by atoms with E-state index in [0.29, 0.717) is 17.7 Å². The van der Waals surface area contributed by atoms with Gasteiger partial charge in [-0.15, -0.1) is 0 Å². The van der Waals surface area contributed by atoms with Gasteiger partial charge in [-0.3, -0.25) is 4.79 Å². The van der Waals surface area contributed by atoms with Crippen molar-refractivity contribution < 1.29 is 4.79 Å². The van der Waals surface area contributed by atoms with Crippen LogP contribution in [0.3, 0.4) is 0 Å². The van der Waals surface area contributed by atoms with Crippen molar-refractivity contribution in [1.29, 1.82) is 0 Å². The van der Waals surface area contributed by atoms with Gasteiger partial charge in [0.05, 0.1) is 0 Å². The van der Waals surface area contributed by atoms with Crippen molar-refractivity contribution >= 4 is 16.8 Å². The standard InChI is InChI=1S/C18H24N2O/c1-18(2)10-11-20(13-18)17(21)9-5-6-14-12-19-16-8-4-3-7-15(14)16/h3-4,7-8,12,19H,5-6,9-11,13H2,1-2H3. The SMILES string of the molecule is CC1(C)CCN(C(=O)CCCc2c[nH]c3ccccc23)C1. The third-order valence-corrected chi connectivity index (χ3v) is 4.54. The number of hydrogen-bond acceptors (Lipinski definition) is 1. The summed E-state index contributed by atoms with van der Waals surface area (Å²) in [7, 11) is 0. The molecule has 1 aromatic carbocycles. The van der Waals surface area contributed by atoms with Crippen LogP contribution in [0.25, 0.3) is 10.9 Å². The molecule has 3 rings (SSSR count). The van der Waals surface area contributed by atoms with Gasteiger partial charge in [0.25, 0.3) is 0 Å². The molecule has 3 nitrogen and oxygen atoms in total. The fourth-order valence-electron chi connectivity index (χ4n) is 3.25. The van der Waals surface area contributed by atoms with Crippen LogP contribution in [0, 0.1) is 5.41 Å². The van der Waals surface area contributed by atoms with E-state index in [1.165, 1.54) is 16.5 Å². The number of aryl methyl sites for hydroxylation is 1. The Morgan fingerprint density at radius 3 is 2.90 bits per heavy atom. The number of hydrogen-bond donors (Lipinski definition) is 1. The predicted octanol–water partition coefficient (Wildman–Crippen LogP) is 3.75. The zero-order valence-electron chi connectivity index (χ0n) is 13.0. The van der Waals surface area contributed by atoms with Crippen LogP contribution in [0.4, 0.5) is 0 Å². The van der Waals surface area contributed by atoms with E-state index in [2.05, 4.69) is 43.2 Å². The first-order valence-electron chi connectivity index (χ1n) is 7.88. The molecular formula is C18H24N2O. The fraction of sp³-hybridized carbons (Fsp3) is 0.500. The van der Waals surface area contributed by atoms with E-state index in [1.54, 1.807) is 0 Å². The van der Waals surface area contributed by atoms with Gasteiger partial charge in [0, 0.05) is 36.6 Å². The number of benzene rings is 1. The van der Waals surface area contributed by atoms with Gasteiger partial charge in [0.2, 0.25) is 5.91 Å². The quantitative estimate of drug-likeness (QED) is 0.912. The largest absolute Gasteiger partial charge is 0.361 e. The van der Waals surface area contributed by atoms with E-state index in [4.69, 9.17) is 0 Å². The molecule has 21 heavy (non-hydrogen) atoms. The number of H-pyrrole nitrogens is 1. The van der Waals surface area contributed by atoms with Gasteiger partial charge in [0.1, 0.15) is 0 Å². The fourth-order valence-corrected chi connectivity index (χ4v) is 3.25. The van der Waals surface area contributed by atoms with Gasteiger partial charge >= 0.3 is 0 Å². The maximum Gasteiger partial charge on any atom is 0.222 e. The Morgan fingerprint density at radius 2 is 2.14 bits per heavy atom. The number of fused-ring (bicyclic) bond motifs is 1. The topological polar surface area (TPSA) is 36.1 Å². The number of likely N-dealkylation sites (tertiary alicyclic amines) is 1. The number of amides is 1. The summed E-state index contributed by atoms with van der Waals surface area (Å²) in [5.74, 6) is 0.320. The van der Waals surface area contributed by atoms with Crippen LogP contribution in [-0.2, 0) is 11.2 Å². The van der Waals surface area contributed by atoms with Crippen molar-refractivity contribution in [1.82, 2.24) is 9.88 Å². The Morgan fingerprint density at radius 1 is 1.33 bits per heavy atom. The van der Waals surface area contributed by atoms with E-state index >= 15 is 0 Å². The zero-order valence-corrected chi connectivity index (χ0v) is 13.0. The van der Waals surface area contributed by atoms with Crippen molar-refractivity contribution in [3.8, 4) is 0 Å². The molecule has 1 saturated heterocycles. The zero-order chi connectivity index (χ0) is 14.9. The molecule has 0 aliphatic carbocycles. The Bertz CT molecular complexity index is 641.